The van der Waals surface area contributed by atoms with Crippen LogP contribution in [0.5, 0.6) is 0 Å². The third kappa shape index (κ3) is 2.79. The summed E-state index contributed by atoms with van der Waals surface area (Å²) in [6.07, 6.45) is 0. The maximum absolute atomic E-state index is 12.4. The van der Waals surface area contributed by atoms with E-state index in [0.717, 1.165) is 35.5 Å². The first-order valence-electron chi connectivity index (χ1n) is 7.40. The molecule has 2 heterocycles. The highest BCUT2D eigenvalue weighted by Crippen LogP contribution is 2.31. The average molecular weight is 316 g/mol. The van der Waals surface area contributed by atoms with Gasteiger partial charge in [0, 0.05) is 30.2 Å². The van der Waals surface area contributed by atoms with E-state index in [0.29, 0.717) is 0 Å². The van der Waals surface area contributed by atoms with E-state index in [9.17, 15) is 9.90 Å². The number of anilines is 1. The molecular weight excluding hydrogens is 296 g/mol. The molecule has 0 saturated heterocycles. The number of fused-ring (bicyclic) bond motifs is 1. The number of aryl methyl sites for hydroxylation is 1. The summed E-state index contributed by atoms with van der Waals surface area (Å²) in [4.78, 5) is 14.6. The molecule has 1 aromatic heterocycles. The van der Waals surface area contributed by atoms with Crippen molar-refractivity contribution >= 4 is 22.9 Å². The second-order valence-electron chi connectivity index (χ2n) is 5.80. The van der Waals surface area contributed by atoms with Crippen LogP contribution in [0.4, 0.5) is 5.69 Å². The smallest absolute Gasteiger partial charge is 0.256 e. The summed E-state index contributed by atoms with van der Waals surface area (Å²) in [5.41, 5.74) is 5.00. The summed E-state index contributed by atoms with van der Waals surface area (Å²) in [5.74, 6) is -0.0548. The number of nitrogens with one attached hydrogen (secondary N) is 1. The standard InChI is InChI=1S/C17H20N2O2S/c1-11-9-22-10-15(11)17(21)18-16-5-3-4-13-6-19(7-14(13)16)12(2)8-20/h3-5,9-10,12,20H,6-8H2,1-2H3,(H,18,21)/t12-/m0/s1. The molecule has 0 saturated carbocycles. The maximum Gasteiger partial charge on any atom is 0.256 e. The van der Waals surface area contributed by atoms with Crippen molar-refractivity contribution in [2.45, 2.75) is 33.0 Å². The van der Waals surface area contributed by atoms with Crippen LogP contribution in [0, 0.1) is 6.92 Å². The Bertz CT molecular complexity index is 696. The number of aliphatic hydroxyl groups is 1. The molecule has 22 heavy (non-hydrogen) atoms. The SMILES string of the molecule is Cc1cscc1C(=O)Nc1cccc2c1CN([C@@H](C)CO)C2. The Hall–Kier alpha value is -1.69. The molecule has 1 aliphatic heterocycles. The van der Waals surface area contributed by atoms with E-state index in [1.807, 2.05) is 36.7 Å². The van der Waals surface area contributed by atoms with Crippen LogP contribution in [0.1, 0.15) is 34.0 Å². The number of carbonyl (C=O) groups excluding carboxylic acids is 1. The van der Waals surface area contributed by atoms with Gasteiger partial charge in [0.15, 0.2) is 0 Å². The van der Waals surface area contributed by atoms with Gasteiger partial charge < -0.3 is 10.4 Å². The number of nitrogens with zero attached hydrogens (tertiary/aromatic N) is 1. The van der Waals surface area contributed by atoms with Gasteiger partial charge in [0.05, 0.1) is 12.2 Å². The Morgan fingerprint density at radius 3 is 2.91 bits per heavy atom. The van der Waals surface area contributed by atoms with E-state index < -0.39 is 0 Å². The largest absolute Gasteiger partial charge is 0.395 e. The summed E-state index contributed by atoms with van der Waals surface area (Å²) in [7, 11) is 0. The molecule has 2 N–H and O–H groups in total. The quantitative estimate of drug-likeness (QED) is 0.912. The second kappa shape index (κ2) is 6.20. The third-order valence-corrected chi connectivity index (χ3v) is 5.11. The fourth-order valence-electron chi connectivity index (χ4n) is 2.77. The normalized spacial score (nSPS) is 15.6. The van der Waals surface area contributed by atoms with Gasteiger partial charge >= 0.3 is 0 Å². The van der Waals surface area contributed by atoms with Gasteiger partial charge in [0.25, 0.3) is 5.91 Å². The first-order valence-corrected chi connectivity index (χ1v) is 8.34. The van der Waals surface area contributed by atoms with Gasteiger partial charge in [-0.25, -0.2) is 0 Å². The van der Waals surface area contributed by atoms with Gasteiger partial charge in [-0.2, -0.15) is 11.3 Å². The Morgan fingerprint density at radius 1 is 1.41 bits per heavy atom. The Morgan fingerprint density at radius 2 is 2.23 bits per heavy atom. The molecule has 116 valence electrons. The highest BCUT2D eigenvalue weighted by molar-refractivity contribution is 7.08. The van der Waals surface area contributed by atoms with Crippen LogP contribution in [-0.2, 0) is 13.1 Å². The minimum absolute atomic E-state index is 0.0548. The molecule has 4 nitrogen and oxygen atoms in total. The molecule has 1 aromatic carbocycles. The van der Waals surface area contributed by atoms with Gasteiger partial charge in [-0.15, -0.1) is 0 Å². The number of carbonyl (C=O) groups is 1. The van der Waals surface area contributed by atoms with Gasteiger partial charge in [-0.05, 0) is 42.0 Å². The molecule has 1 amide bonds. The third-order valence-electron chi connectivity index (χ3n) is 4.24. The van der Waals surface area contributed by atoms with E-state index in [-0.39, 0.29) is 18.6 Å². The Balaban J connectivity index is 1.82. The molecule has 0 spiro atoms. The zero-order valence-corrected chi connectivity index (χ0v) is 13.6. The van der Waals surface area contributed by atoms with Crippen molar-refractivity contribution in [3.63, 3.8) is 0 Å². The molecule has 1 aliphatic rings. The number of thiophene rings is 1. The van der Waals surface area contributed by atoms with E-state index in [2.05, 4.69) is 16.3 Å². The van der Waals surface area contributed by atoms with E-state index in [1.54, 1.807) is 11.3 Å². The molecule has 1 atom stereocenters. The number of amides is 1. The van der Waals surface area contributed by atoms with Crippen molar-refractivity contribution in [3.05, 3.63) is 51.2 Å². The second-order valence-corrected chi connectivity index (χ2v) is 6.55. The highest BCUT2D eigenvalue weighted by atomic mass is 32.1. The predicted molar refractivity (Wildman–Crippen MR) is 89.2 cm³/mol. The zero-order chi connectivity index (χ0) is 15.7. The Labute approximate surface area is 134 Å². The predicted octanol–water partition coefficient (Wildman–Crippen LogP) is 3.01. The summed E-state index contributed by atoms with van der Waals surface area (Å²) in [6.45, 7) is 5.68. The number of hydrogen-bond acceptors (Lipinski definition) is 4. The lowest BCUT2D eigenvalue weighted by atomic mass is 10.1. The fraction of sp³-hybridized carbons (Fsp3) is 0.353. The molecule has 0 bridgehead atoms. The van der Waals surface area contributed by atoms with Gasteiger partial charge in [0.2, 0.25) is 0 Å². The lowest BCUT2D eigenvalue weighted by Gasteiger charge is -2.21. The van der Waals surface area contributed by atoms with Crippen molar-refractivity contribution in [2.75, 3.05) is 11.9 Å². The van der Waals surface area contributed by atoms with E-state index in [1.165, 1.54) is 5.56 Å². The van der Waals surface area contributed by atoms with Crippen molar-refractivity contribution in [1.29, 1.82) is 0 Å². The summed E-state index contributed by atoms with van der Waals surface area (Å²) in [6, 6.07) is 6.13. The van der Waals surface area contributed by atoms with Crippen molar-refractivity contribution in [1.82, 2.24) is 4.90 Å². The summed E-state index contributed by atoms with van der Waals surface area (Å²) >= 11 is 1.54. The molecule has 2 aromatic rings. The summed E-state index contributed by atoms with van der Waals surface area (Å²) in [5, 5.41) is 16.2. The van der Waals surface area contributed by atoms with Crippen LogP contribution in [-0.4, -0.2) is 28.6 Å². The van der Waals surface area contributed by atoms with Crippen LogP contribution >= 0.6 is 11.3 Å². The molecule has 0 unspecified atom stereocenters. The lowest BCUT2D eigenvalue weighted by molar-refractivity contribution is 0.102. The Kier molecular flexibility index (Phi) is 4.29. The van der Waals surface area contributed by atoms with Crippen molar-refractivity contribution < 1.29 is 9.90 Å². The van der Waals surface area contributed by atoms with Gasteiger partial charge in [0.1, 0.15) is 0 Å². The minimum Gasteiger partial charge on any atom is -0.395 e. The van der Waals surface area contributed by atoms with E-state index in [4.69, 9.17) is 0 Å². The monoisotopic (exact) mass is 316 g/mol. The zero-order valence-electron chi connectivity index (χ0n) is 12.8. The number of hydrogen-bond donors (Lipinski definition) is 2. The number of aliphatic hydroxyl groups excluding tert-OH is 1. The average Bonchev–Trinajstić information content (AvgIpc) is 3.13. The first-order chi connectivity index (χ1) is 10.6. The van der Waals surface area contributed by atoms with E-state index >= 15 is 0 Å². The number of benzene rings is 1. The maximum atomic E-state index is 12.4. The topological polar surface area (TPSA) is 52.6 Å². The van der Waals surface area contributed by atoms with Crippen molar-refractivity contribution in [2.24, 2.45) is 0 Å². The molecule has 0 aliphatic carbocycles. The van der Waals surface area contributed by atoms with Crippen molar-refractivity contribution in [3.8, 4) is 0 Å². The van der Waals surface area contributed by atoms with Crippen LogP contribution < -0.4 is 5.32 Å². The van der Waals surface area contributed by atoms with Crippen LogP contribution in [0.3, 0.4) is 0 Å². The molecular formula is C17H20N2O2S. The van der Waals surface area contributed by atoms with Crippen LogP contribution in [0.15, 0.2) is 29.0 Å². The van der Waals surface area contributed by atoms with Gasteiger partial charge in [-0.3, -0.25) is 9.69 Å². The van der Waals surface area contributed by atoms with Crippen LogP contribution in [0.2, 0.25) is 0 Å². The molecule has 5 heteroatoms. The van der Waals surface area contributed by atoms with Crippen LogP contribution in [0.25, 0.3) is 0 Å². The fourth-order valence-corrected chi connectivity index (χ4v) is 3.60. The molecule has 0 fully saturated rings. The number of rotatable bonds is 4. The van der Waals surface area contributed by atoms with Gasteiger partial charge in [-0.1, -0.05) is 12.1 Å². The highest BCUT2D eigenvalue weighted by Gasteiger charge is 2.25. The minimum atomic E-state index is -0.0548. The molecule has 0 radical (unpaired) electrons. The first kappa shape index (κ1) is 15.2. The molecule has 3 rings (SSSR count). The summed E-state index contributed by atoms with van der Waals surface area (Å²) < 4.78 is 0. The lowest BCUT2D eigenvalue weighted by Crippen LogP contribution is -2.30.